The van der Waals surface area contributed by atoms with Crippen LogP contribution in [0.15, 0.2) is 36.4 Å². The van der Waals surface area contributed by atoms with Crippen LogP contribution in [-0.4, -0.2) is 64.2 Å². The van der Waals surface area contributed by atoms with E-state index in [1.165, 1.54) is 42.7 Å². The molecule has 11 heteroatoms. The van der Waals surface area contributed by atoms with E-state index >= 15 is 0 Å². The van der Waals surface area contributed by atoms with Crippen LogP contribution in [0.2, 0.25) is 0 Å². The Kier molecular flexibility index (Phi) is 7.53. The van der Waals surface area contributed by atoms with Crippen molar-refractivity contribution in [2.75, 3.05) is 42.7 Å². The quantitative estimate of drug-likeness (QED) is 0.318. The van der Waals surface area contributed by atoms with E-state index < -0.39 is 29.2 Å². The molecule has 1 aromatic heterocycles. The van der Waals surface area contributed by atoms with Crippen LogP contribution in [0.3, 0.4) is 0 Å². The zero-order chi connectivity index (χ0) is 26.7. The van der Waals surface area contributed by atoms with Crippen LogP contribution in [0, 0.1) is 5.41 Å². The summed E-state index contributed by atoms with van der Waals surface area (Å²) in [6, 6.07) is 10.5. The highest BCUT2D eigenvalue weighted by atomic mass is 32.1. The van der Waals surface area contributed by atoms with E-state index in [9.17, 15) is 9.59 Å². The van der Waals surface area contributed by atoms with Gasteiger partial charge in [0.2, 0.25) is 0 Å². The van der Waals surface area contributed by atoms with Gasteiger partial charge >= 0.3 is 11.9 Å². The van der Waals surface area contributed by atoms with E-state index in [1.807, 2.05) is 0 Å². The molecule has 2 atom stereocenters. The fraction of sp³-hybridized carbons (Fsp3) is 0.385. The summed E-state index contributed by atoms with van der Waals surface area (Å²) >= 11 is 1.13. The molecule has 10 nitrogen and oxygen atoms in total. The van der Waals surface area contributed by atoms with Gasteiger partial charge in [0.1, 0.15) is 0 Å². The Bertz CT molecular complexity index is 1290. The molecule has 37 heavy (non-hydrogen) atoms. The standard InChI is InChI=1S/C26H28N2O8S/c1-31-18-9-7-14(11-20(18)33-3)16-13-17-23(37-28-27-17)22(26(16,24(29)35-5)25(30)36-6)15-8-10-19(32-2)21(12-15)34-4/h7-12,16,22H,13H2,1-6H3. The summed E-state index contributed by atoms with van der Waals surface area (Å²) in [6.45, 7) is 0. The highest BCUT2D eigenvalue weighted by Crippen LogP contribution is 2.58. The molecule has 0 saturated heterocycles. The van der Waals surface area contributed by atoms with Crippen molar-refractivity contribution >= 4 is 23.5 Å². The van der Waals surface area contributed by atoms with Gasteiger partial charge < -0.3 is 28.4 Å². The molecule has 2 unspecified atom stereocenters. The number of carbonyl (C=O) groups excluding carboxylic acids is 2. The van der Waals surface area contributed by atoms with E-state index in [2.05, 4.69) is 9.59 Å². The van der Waals surface area contributed by atoms with Crippen molar-refractivity contribution in [3.05, 3.63) is 58.1 Å². The molecule has 0 radical (unpaired) electrons. The van der Waals surface area contributed by atoms with Crippen LogP contribution in [0.5, 0.6) is 23.0 Å². The Hall–Kier alpha value is -3.86. The van der Waals surface area contributed by atoms with Crippen LogP contribution >= 0.6 is 11.5 Å². The summed E-state index contributed by atoms with van der Waals surface area (Å²) in [5, 5.41) is 4.35. The molecule has 0 amide bonds. The second-order valence-corrected chi connectivity index (χ2v) is 9.14. The Morgan fingerprint density at radius 3 is 1.81 bits per heavy atom. The summed E-state index contributed by atoms with van der Waals surface area (Å²) in [6.07, 6.45) is 0.245. The topological polar surface area (TPSA) is 115 Å². The van der Waals surface area contributed by atoms with Crippen molar-refractivity contribution in [2.24, 2.45) is 5.41 Å². The van der Waals surface area contributed by atoms with Crippen LogP contribution in [0.1, 0.15) is 33.5 Å². The molecule has 196 valence electrons. The Balaban J connectivity index is 2.06. The number of aromatic nitrogens is 2. The molecule has 1 aliphatic rings. The SMILES string of the molecule is COC(=O)C1(C(=O)OC)C(c2ccc(OC)c(OC)c2)Cc2nnsc2C1c1ccc(OC)c(OC)c1. The van der Waals surface area contributed by atoms with Gasteiger partial charge in [0, 0.05) is 18.3 Å². The van der Waals surface area contributed by atoms with Crippen molar-refractivity contribution in [1.82, 2.24) is 9.59 Å². The Morgan fingerprint density at radius 1 is 0.784 bits per heavy atom. The third-order valence-electron chi connectivity index (χ3n) is 6.85. The molecular formula is C26H28N2O8S. The smallest absolute Gasteiger partial charge is 0.324 e. The first-order valence-electron chi connectivity index (χ1n) is 11.3. The lowest BCUT2D eigenvalue weighted by Gasteiger charge is -2.44. The number of esters is 2. The number of benzene rings is 2. The van der Waals surface area contributed by atoms with E-state index in [-0.39, 0.29) is 6.42 Å². The van der Waals surface area contributed by atoms with Crippen LogP contribution in [-0.2, 0) is 25.5 Å². The number of nitrogens with zero attached hydrogens (tertiary/aromatic N) is 2. The largest absolute Gasteiger partial charge is 0.493 e. The molecule has 0 aliphatic heterocycles. The van der Waals surface area contributed by atoms with Crippen molar-refractivity contribution < 1.29 is 38.0 Å². The number of carbonyl (C=O) groups is 2. The van der Waals surface area contributed by atoms with Crippen molar-refractivity contribution in [3.8, 4) is 23.0 Å². The molecule has 3 aromatic rings. The summed E-state index contributed by atoms with van der Waals surface area (Å²) in [5.41, 5.74) is 0.126. The number of fused-ring (bicyclic) bond motifs is 1. The molecular weight excluding hydrogens is 500 g/mol. The lowest BCUT2D eigenvalue weighted by molar-refractivity contribution is -0.173. The fourth-order valence-corrected chi connectivity index (χ4v) is 6.06. The lowest BCUT2D eigenvalue weighted by Crippen LogP contribution is -2.53. The predicted molar refractivity (Wildman–Crippen MR) is 134 cm³/mol. The zero-order valence-electron chi connectivity index (χ0n) is 21.4. The normalized spacial score (nSPS) is 17.8. The second kappa shape index (κ2) is 10.6. The van der Waals surface area contributed by atoms with Gasteiger partial charge in [0.15, 0.2) is 28.4 Å². The number of methoxy groups -OCH3 is 6. The van der Waals surface area contributed by atoms with Gasteiger partial charge in [-0.25, -0.2) is 0 Å². The minimum atomic E-state index is -1.82. The molecule has 0 fully saturated rings. The summed E-state index contributed by atoms with van der Waals surface area (Å²) in [5.74, 6) is -1.14. The Labute approximate surface area is 218 Å². The third kappa shape index (κ3) is 4.12. The summed E-state index contributed by atoms with van der Waals surface area (Å²) in [4.78, 5) is 28.4. The maximum absolute atomic E-state index is 13.9. The lowest BCUT2D eigenvalue weighted by atomic mass is 9.57. The predicted octanol–water partition coefficient (Wildman–Crippen LogP) is 3.38. The van der Waals surface area contributed by atoms with E-state index in [0.717, 1.165) is 11.5 Å². The van der Waals surface area contributed by atoms with E-state index in [1.54, 1.807) is 36.4 Å². The number of hydrogen-bond donors (Lipinski definition) is 0. The summed E-state index contributed by atoms with van der Waals surface area (Å²) in [7, 11) is 8.61. The third-order valence-corrected chi connectivity index (χ3v) is 7.68. The molecule has 2 aromatic carbocycles. The van der Waals surface area contributed by atoms with Crippen molar-refractivity contribution in [1.29, 1.82) is 0 Å². The van der Waals surface area contributed by atoms with Crippen molar-refractivity contribution in [3.63, 3.8) is 0 Å². The van der Waals surface area contributed by atoms with Gasteiger partial charge in [-0.2, -0.15) is 0 Å². The van der Waals surface area contributed by atoms with Gasteiger partial charge in [-0.05, 0) is 46.9 Å². The average molecular weight is 529 g/mol. The maximum Gasteiger partial charge on any atom is 0.324 e. The van der Waals surface area contributed by atoms with Gasteiger partial charge in [0.05, 0.1) is 53.2 Å². The van der Waals surface area contributed by atoms with Crippen LogP contribution in [0.4, 0.5) is 0 Å². The number of rotatable bonds is 8. The summed E-state index contributed by atoms with van der Waals surface area (Å²) < 4.78 is 36.7. The van der Waals surface area contributed by atoms with E-state index in [0.29, 0.717) is 44.7 Å². The van der Waals surface area contributed by atoms with Crippen molar-refractivity contribution in [2.45, 2.75) is 18.3 Å². The maximum atomic E-state index is 13.9. The monoisotopic (exact) mass is 528 g/mol. The highest BCUT2D eigenvalue weighted by Gasteiger charge is 2.64. The molecule has 4 rings (SSSR count). The fourth-order valence-electron chi connectivity index (χ4n) is 5.18. The van der Waals surface area contributed by atoms with Gasteiger partial charge in [-0.1, -0.05) is 16.6 Å². The molecule has 0 saturated carbocycles. The van der Waals surface area contributed by atoms with Crippen LogP contribution in [0.25, 0.3) is 0 Å². The molecule has 1 aliphatic carbocycles. The molecule has 0 spiro atoms. The second-order valence-electron chi connectivity index (χ2n) is 8.35. The van der Waals surface area contributed by atoms with Gasteiger partial charge in [0.25, 0.3) is 0 Å². The minimum Gasteiger partial charge on any atom is -0.493 e. The number of hydrogen-bond acceptors (Lipinski definition) is 11. The number of ether oxygens (including phenoxy) is 6. The van der Waals surface area contributed by atoms with Crippen LogP contribution < -0.4 is 18.9 Å². The zero-order valence-corrected chi connectivity index (χ0v) is 22.2. The first-order chi connectivity index (χ1) is 17.9. The van der Waals surface area contributed by atoms with Gasteiger partial charge in [-0.3, -0.25) is 9.59 Å². The first kappa shape index (κ1) is 26.2. The first-order valence-corrected chi connectivity index (χ1v) is 12.1. The molecule has 0 bridgehead atoms. The van der Waals surface area contributed by atoms with Gasteiger partial charge in [-0.15, -0.1) is 5.10 Å². The molecule has 1 heterocycles. The molecule has 0 N–H and O–H groups in total. The minimum absolute atomic E-state index is 0.245. The van der Waals surface area contributed by atoms with E-state index in [4.69, 9.17) is 28.4 Å². The highest BCUT2D eigenvalue weighted by molar-refractivity contribution is 7.05. The average Bonchev–Trinajstić information content (AvgIpc) is 3.42. The Morgan fingerprint density at radius 2 is 1.30 bits per heavy atom.